The molecule has 1 aliphatic heterocycles. The van der Waals surface area contributed by atoms with Crippen molar-refractivity contribution in [2.75, 3.05) is 20.2 Å². The van der Waals surface area contributed by atoms with E-state index >= 15 is 0 Å². The number of carbonyl (C=O) groups excluding carboxylic acids is 1. The molecule has 150 valence electrons. The van der Waals surface area contributed by atoms with Gasteiger partial charge in [-0.3, -0.25) is 9.69 Å². The Morgan fingerprint density at radius 3 is 2.64 bits per heavy atom. The van der Waals surface area contributed by atoms with Gasteiger partial charge in [-0.05, 0) is 61.2 Å². The van der Waals surface area contributed by atoms with E-state index in [9.17, 15) is 9.18 Å². The van der Waals surface area contributed by atoms with Crippen molar-refractivity contribution in [3.8, 4) is 5.75 Å². The van der Waals surface area contributed by atoms with Crippen LogP contribution < -0.4 is 10.1 Å². The first-order chi connectivity index (χ1) is 13.3. The third-order valence-electron chi connectivity index (χ3n) is 5.64. The number of nitrogens with one attached hydrogen (secondary N) is 1. The minimum atomic E-state index is -0.401. The molecule has 2 aromatic carbocycles. The van der Waals surface area contributed by atoms with Gasteiger partial charge in [0, 0.05) is 24.2 Å². The standard InChI is InChI=1S/C22H26ClFN2O2/c1-13-14(2)21(28-4)8-7-19(13)15(3)26-11-18(12-26)25-22(27)9-16-5-6-17(24)10-20(16)23/h5-8,10,15,18H,9,11-12H2,1-4H3,(H,25,27). The number of likely N-dealkylation sites (tertiary alicyclic amines) is 1. The van der Waals surface area contributed by atoms with Gasteiger partial charge in [-0.2, -0.15) is 0 Å². The zero-order chi connectivity index (χ0) is 20.4. The maximum Gasteiger partial charge on any atom is 0.224 e. The molecule has 0 saturated carbocycles. The van der Waals surface area contributed by atoms with Crippen LogP contribution in [0.1, 0.15) is 35.2 Å². The van der Waals surface area contributed by atoms with Gasteiger partial charge < -0.3 is 10.1 Å². The molecule has 1 heterocycles. The maximum absolute atomic E-state index is 13.1. The third kappa shape index (κ3) is 4.31. The highest BCUT2D eigenvalue weighted by molar-refractivity contribution is 6.31. The molecule has 1 aliphatic rings. The SMILES string of the molecule is COc1ccc(C(C)N2CC(NC(=O)Cc3ccc(F)cc3Cl)C2)c(C)c1C. The first-order valence-corrected chi connectivity index (χ1v) is 9.79. The van der Waals surface area contributed by atoms with Gasteiger partial charge >= 0.3 is 0 Å². The summed E-state index contributed by atoms with van der Waals surface area (Å²) >= 11 is 6.00. The fraction of sp³-hybridized carbons (Fsp3) is 0.409. The molecule has 0 aliphatic carbocycles. The van der Waals surface area contributed by atoms with Gasteiger partial charge in [-0.15, -0.1) is 0 Å². The van der Waals surface area contributed by atoms with Crippen LogP contribution in [-0.4, -0.2) is 37.0 Å². The normalized spacial score (nSPS) is 15.8. The van der Waals surface area contributed by atoms with Crippen molar-refractivity contribution in [1.29, 1.82) is 0 Å². The average molecular weight is 405 g/mol. The highest BCUT2D eigenvalue weighted by Crippen LogP contribution is 2.32. The predicted octanol–water partition coefficient (Wildman–Crippen LogP) is 4.21. The van der Waals surface area contributed by atoms with Crippen LogP contribution in [0.4, 0.5) is 4.39 Å². The minimum Gasteiger partial charge on any atom is -0.496 e. The molecule has 1 saturated heterocycles. The number of hydrogen-bond donors (Lipinski definition) is 1. The molecule has 6 heteroatoms. The van der Waals surface area contributed by atoms with Crippen molar-refractivity contribution >= 4 is 17.5 Å². The molecule has 1 unspecified atom stereocenters. The molecule has 3 rings (SSSR count). The second kappa shape index (κ2) is 8.50. The molecule has 0 radical (unpaired) electrons. The topological polar surface area (TPSA) is 41.6 Å². The summed E-state index contributed by atoms with van der Waals surface area (Å²) in [7, 11) is 1.69. The molecule has 0 bridgehead atoms. The molecule has 1 fully saturated rings. The van der Waals surface area contributed by atoms with Crippen LogP contribution >= 0.6 is 11.6 Å². The zero-order valence-electron chi connectivity index (χ0n) is 16.7. The van der Waals surface area contributed by atoms with Gasteiger partial charge in [-0.25, -0.2) is 4.39 Å². The van der Waals surface area contributed by atoms with Crippen molar-refractivity contribution in [3.05, 3.63) is 63.4 Å². The van der Waals surface area contributed by atoms with E-state index in [1.165, 1.54) is 23.3 Å². The van der Waals surface area contributed by atoms with E-state index in [2.05, 4.69) is 37.1 Å². The van der Waals surface area contributed by atoms with Crippen LogP contribution in [0, 0.1) is 19.7 Å². The van der Waals surface area contributed by atoms with Crippen LogP contribution in [0.3, 0.4) is 0 Å². The number of hydrogen-bond acceptors (Lipinski definition) is 3. The number of halogens is 2. The Balaban J connectivity index is 1.54. The van der Waals surface area contributed by atoms with E-state index < -0.39 is 5.82 Å². The molecule has 2 aromatic rings. The summed E-state index contributed by atoms with van der Waals surface area (Å²) in [5.41, 5.74) is 4.31. The highest BCUT2D eigenvalue weighted by Gasteiger charge is 2.32. The lowest BCUT2D eigenvalue weighted by Crippen LogP contribution is -2.59. The van der Waals surface area contributed by atoms with E-state index in [4.69, 9.17) is 16.3 Å². The Morgan fingerprint density at radius 2 is 2.00 bits per heavy atom. The fourth-order valence-electron chi connectivity index (χ4n) is 3.72. The summed E-state index contributed by atoms with van der Waals surface area (Å²) in [5.74, 6) is 0.408. The Hall–Kier alpha value is -2.11. The molecule has 1 N–H and O–H groups in total. The summed E-state index contributed by atoms with van der Waals surface area (Å²) in [6.45, 7) is 7.98. The van der Waals surface area contributed by atoms with E-state index in [-0.39, 0.29) is 29.4 Å². The molecular formula is C22H26ClFN2O2. The first kappa shape index (κ1) is 20.6. The van der Waals surface area contributed by atoms with Crippen LogP contribution in [0.2, 0.25) is 5.02 Å². The van der Waals surface area contributed by atoms with Gasteiger partial charge in [0.2, 0.25) is 5.91 Å². The molecule has 0 aromatic heterocycles. The van der Waals surface area contributed by atoms with Gasteiger partial charge in [-0.1, -0.05) is 23.7 Å². The van der Waals surface area contributed by atoms with Crippen molar-refractivity contribution < 1.29 is 13.9 Å². The third-order valence-corrected chi connectivity index (χ3v) is 5.99. The number of ether oxygens (including phenoxy) is 1. The van der Waals surface area contributed by atoms with Crippen molar-refractivity contribution in [2.24, 2.45) is 0 Å². The van der Waals surface area contributed by atoms with E-state index in [0.29, 0.717) is 5.56 Å². The van der Waals surface area contributed by atoms with Gasteiger partial charge in [0.15, 0.2) is 0 Å². The van der Waals surface area contributed by atoms with Gasteiger partial charge in [0.25, 0.3) is 0 Å². The lowest BCUT2D eigenvalue weighted by Gasteiger charge is -2.44. The zero-order valence-corrected chi connectivity index (χ0v) is 17.4. The van der Waals surface area contributed by atoms with Gasteiger partial charge in [0.05, 0.1) is 19.6 Å². The van der Waals surface area contributed by atoms with Crippen molar-refractivity contribution in [3.63, 3.8) is 0 Å². The molecular weight excluding hydrogens is 379 g/mol. The Morgan fingerprint density at radius 1 is 1.29 bits per heavy atom. The molecule has 1 atom stereocenters. The largest absolute Gasteiger partial charge is 0.496 e. The summed E-state index contributed by atoms with van der Waals surface area (Å²) < 4.78 is 18.5. The lowest BCUT2D eigenvalue weighted by molar-refractivity contribution is -0.122. The van der Waals surface area contributed by atoms with E-state index in [1.807, 2.05) is 6.07 Å². The van der Waals surface area contributed by atoms with Crippen LogP contribution in [0.15, 0.2) is 30.3 Å². The minimum absolute atomic E-state index is 0.0951. The summed E-state index contributed by atoms with van der Waals surface area (Å²) in [5, 5.41) is 3.32. The van der Waals surface area contributed by atoms with Crippen molar-refractivity contribution in [2.45, 2.75) is 39.3 Å². The van der Waals surface area contributed by atoms with Gasteiger partial charge in [0.1, 0.15) is 11.6 Å². The smallest absolute Gasteiger partial charge is 0.224 e. The quantitative estimate of drug-likeness (QED) is 0.784. The monoisotopic (exact) mass is 404 g/mol. The maximum atomic E-state index is 13.1. The molecule has 0 spiro atoms. The van der Waals surface area contributed by atoms with E-state index in [0.717, 1.165) is 24.4 Å². The summed E-state index contributed by atoms with van der Waals surface area (Å²) in [6.07, 6.45) is 0.155. The summed E-state index contributed by atoms with van der Waals surface area (Å²) in [4.78, 5) is 14.6. The molecule has 4 nitrogen and oxygen atoms in total. The lowest BCUT2D eigenvalue weighted by atomic mass is 9.94. The van der Waals surface area contributed by atoms with Crippen LogP contribution in [0.25, 0.3) is 0 Å². The number of rotatable bonds is 6. The fourth-order valence-corrected chi connectivity index (χ4v) is 3.96. The summed E-state index contributed by atoms with van der Waals surface area (Å²) in [6, 6.07) is 8.63. The number of amides is 1. The highest BCUT2D eigenvalue weighted by atomic mass is 35.5. The number of methoxy groups -OCH3 is 1. The number of benzene rings is 2. The van der Waals surface area contributed by atoms with E-state index in [1.54, 1.807) is 13.2 Å². The Kier molecular flexibility index (Phi) is 6.26. The second-order valence-electron chi connectivity index (χ2n) is 7.41. The number of nitrogens with zero attached hydrogens (tertiary/aromatic N) is 1. The Bertz CT molecular complexity index is 881. The number of carbonyl (C=O) groups is 1. The van der Waals surface area contributed by atoms with Crippen molar-refractivity contribution in [1.82, 2.24) is 10.2 Å². The predicted molar refractivity (Wildman–Crippen MR) is 110 cm³/mol. The Labute approximate surface area is 170 Å². The molecule has 1 amide bonds. The molecule has 28 heavy (non-hydrogen) atoms. The van der Waals surface area contributed by atoms with Crippen LogP contribution in [0.5, 0.6) is 5.75 Å². The average Bonchev–Trinajstić information content (AvgIpc) is 2.62. The first-order valence-electron chi connectivity index (χ1n) is 9.41. The van der Waals surface area contributed by atoms with Crippen LogP contribution in [-0.2, 0) is 11.2 Å². The second-order valence-corrected chi connectivity index (χ2v) is 7.82.